The number of carbonyl (C=O) groups is 2. The standard InChI is InChI=1S/C19H16N2O4S/c1-2-25-16-11-12(8-9-15(16)22)10-14-17(23)20-19(26)21(18(14)24)13-6-4-3-5-7-13/h3-11,22H,2H2,1H3,(H,20,23,26). The molecule has 1 heterocycles. The van der Waals surface area contributed by atoms with Crippen molar-refractivity contribution >= 4 is 40.9 Å². The number of phenolic OH excluding ortho intramolecular Hbond substituents is 1. The fourth-order valence-electron chi connectivity index (χ4n) is 2.53. The third-order valence-corrected chi connectivity index (χ3v) is 4.00. The van der Waals surface area contributed by atoms with Gasteiger partial charge in [-0.05, 0) is 55.0 Å². The molecule has 2 amide bonds. The Morgan fingerprint density at radius 1 is 1.19 bits per heavy atom. The fraction of sp³-hybridized carbons (Fsp3) is 0.105. The van der Waals surface area contributed by atoms with Gasteiger partial charge in [0.05, 0.1) is 12.3 Å². The van der Waals surface area contributed by atoms with Crippen LogP contribution in [0.4, 0.5) is 5.69 Å². The second kappa shape index (κ2) is 7.37. The molecule has 2 aromatic rings. The summed E-state index contributed by atoms with van der Waals surface area (Å²) in [5.41, 5.74) is 1.05. The van der Waals surface area contributed by atoms with Gasteiger partial charge in [0.25, 0.3) is 11.8 Å². The Hall–Kier alpha value is -3.19. The van der Waals surface area contributed by atoms with Crippen molar-refractivity contribution in [2.24, 2.45) is 0 Å². The minimum absolute atomic E-state index is 0.0134. The molecule has 6 nitrogen and oxygen atoms in total. The molecule has 0 radical (unpaired) electrons. The Morgan fingerprint density at radius 3 is 2.62 bits per heavy atom. The molecule has 1 aliphatic heterocycles. The minimum atomic E-state index is -0.571. The maximum Gasteiger partial charge on any atom is 0.270 e. The van der Waals surface area contributed by atoms with Crippen LogP contribution in [0.15, 0.2) is 54.1 Å². The summed E-state index contributed by atoms with van der Waals surface area (Å²) in [4.78, 5) is 26.4. The van der Waals surface area contributed by atoms with E-state index in [2.05, 4.69) is 5.32 Å². The first-order valence-electron chi connectivity index (χ1n) is 7.93. The van der Waals surface area contributed by atoms with E-state index < -0.39 is 11.8 Å². The van der Waals surface area contributed by atoms with E-state index in [1.165, 1.54) is 17.0 Å². The highest BCUT2D eigenvalue weighted by molar-refractivity contribution is 7.80. The normalized spacial score (nSPS) is 16.0. The summed E-state index contributed by atoms with van der Waals surface area (Å²) in [6, 6.07) is 13.4. The Bertz CT molecular complexity index is 909. The van der Waals surface area contributed by atoms with Crippen LogP contribution in [0.5, 0.6) is 11.5 Å². The van der Waals surface area contributed by atoms with Crippen molar-refractivity contribution in [3.63, 3.8) is 0 Å². The monoisotopic (exact) mass is 368 g/mol. The summed E-state index contributed by atoms with van der Waals surface area (Å²) >= 11 is 5.15. The third kappa shape index (κ3) is 3.43. The molecule has 0 unspecified atom stereocenters. The molecule has 1 fully saturated rings. The number of aromatic hydroxyl groups is 1. The van der Waals surface area contributed by atoms with Crippen molar-refractivity contribution in [2.75, 3.05) is 11.5 Å². The number of nitrogens with one attached hydrogen (secondary N) is 1. The Balaban J connectivity index is 1.99. The summed E-state index contributed by atoms with van der Waals surface area (Å²) < 4.78 is 5.33. The molecule has 7 heteroatoms. The average molecular weight is 368 g/mol. The van der Waals surface area contributed by atoms with Crippen LogP contribution in [0.1, 0.15) is 12.5 Å². The predicted molar refractivity (Wildman–Crippen MR) is 102 cm³/mol. The number of hydrogen-bond donors (Lipinski definition) is 2. The van der Waals surface area contributed by atoms with Crippen molar-refractivity contribution in [1.82, 2.24) is 5.32 Å². The second-order valence-corrected chi connectivity index (χ2v) is 5.84. The molecule has 26 heavy (non-hydrogen) atoms. The van der Waals surface area contributed by atoms with Crippen molar-refractivity contribution < 1.29 is 19.4 Å². The third-order valence-electron chi connectivity index (χ3n) is 3.71. The zero-order valence-corrected chi connectivity index (χ0v) is 14.7. The van der Waals surface area contributed by atoms with Gasteiger partial charge in [-0.25, -0.2) is 0 Å². The molecule has 0 spiro atoms. The van der Waals surface area contributed by atoms with Gasteiger partial charge < -0.3 is 9.84 Å². The SMILES string of the molecule is CCOc1cc(C=C2C(=O)NC(=S)N(c3ccccc3)C2=O)ccc1O. The molecule has 1 saturated heterocycles. The highest BCUT2D eigenvalue weighted by Gasteiger charge is 2.34. The highest BCUT2D eigenvalue weighted by Crippen LogP contribution is 2.28. The number of hydrogen-bond acceptors (Lipinski definition) is 5. The molecule has 0 atom stereocenters. The number of ether oxygens (including phenoxy) is 1. The number of amides is 2. The lowest BCUT2D eigenvalue weighted by Crippen LogP contribution is -2.54. The first-order chi connectivity index (χ1) is 12.5. The lowest BCUT2D eigenvalue weighted by Gasteiger charge is -2.28. The topological polar surface area (TPSA) is 78.9 Å². The van der Waals surface area contributed by atoms with E-state index in [0.717, 1.165) is 0 Å². The Kier molecular flexibility index (Phi) is 4.99. The zero-order chi connectivity index (χ0) is 18.7. The van der Waals surface area contributed by atoms with E-state index in [9.17, 15) is 14.7 Å². The number of carbonyl (C=O) groups excluding carboxylic acids is 2. The number of thiocarbonyl (C=S) groups is 1. The molecule has 1 aliphatic rings. The number of benzene rings is 2. The van der Waals surface area contributed by atoms with E-state index in [1.54, 1.807) is 43.3 Å². The van der Waals surface area contributed by atoms with Gasteiger partial charge in [0, 0.05) is 0 Å². The molecule has 132 valence electrons. The lowest BCUT2D eigenvalue weighted by molar-refractivity contribution is -0.122. The minimum Gasteiger partial charge on any atom is -0.504 e. The smallest absolute Gasteiger partial charge is 0.270 e. The van der Waals surface area contributed by atoms with Gasteiger partial charge in [-0.15, -0.1) is 0 Å². The average Bonchev–Trinajstić information content (AvgIpc) is 2.62. The van der Waals surface area contributed by atoms with Gasteiger partial charge in [-0.1, -0.05) is 24.3 Å². The highest BCUT2D eigenvalue weighted by atomic mass is 32.1. The van der Waals surface area contributed by atoms with Crippen LogP contribution in [0, 0.1) is 0 Å². The van der Waals surface area contributed by atoms with Crippen LogP contribution < -0.4 is 15.0 Å². The summed E-state index contributed by atoms with van der Waals surface area (Å²) in [5.74, 6) is -0.823. The predicted octanol–water partition coefficient (Wildman–Crippen LogP) is 2.62. The Morgan fingerprint density at radius 2 is 1.92 bits per heavy atom. The fourth-order valence-corrected chi connectivity index (χ4v) is 2.81. The zero-order valence-electron chi connectivity index (χ0n) is 13.9. The first kappa shape index (κ1) is 17.6. The van der Waals surface area contributed by atoms with Crippen LogP contribution >= 0.6 is 12.2 Å². The Labute approximate surface area is 155 Å². The largest absolute Gasteiger partial charge is 0.504 e. The maximum atomic E-state index is 12.9. The lowest BCUT2D eigenvalue weighted by atomic mass is 10.1. The number of nitrogens with zero attached hydrogens (tertiary/aromatic N) is 1. The molecule has 0 aromatic heterocycles. The van der Waals surface area contributed by atoms with E-state index in [1.807, 2.05) is 6.07 Å². The van der Waals surface area contributed by atoms with E-state index in [4.69, 9.17) is 17.0 Å². The van der Waals surface area contributed by atoms with Gasteiger partial charge in [-0.3, -0.25) is 19.8 Å². The van der Waals surface area contributed by atoms with Crippen LogP contribution in [0.3, 0.4) is 0 Å². The van der Waals surface area contributed by atoms with E-state index >= 15 is 0 Å². The van der Waals surface area contributed by atoms with Crippen LogP contribution in [-0.2, 0) is 9.59 Å². The van der Waals surface area contributed by atoms with Crippen molar-refractivity contribution in [2.45, 2.75) is 6.92 Å². The van der Waals surface area contributed by atoms with Gasteiger partial charge in [0.1, 0.15) is 5.57 Å². The quantitative estimate of drug-likeness (QED) is 0.493. The maximum absolute atomic E-state index is 12.9. The first-order valence-corrected chi connectivity index (χ1v) is 8.34. The van der Waals surface area contributed by atoms with Crippen molar-refractivity contribution in [3.8, 4) is 11.5 Å². The van der Waals surface area contributed by atoms with Crippen molar-refractivity contribution in [1.29, 1.82) is 0 Å². The number of rotatable bonds is 4. The van der Waals surface area contributed by atoms with Crippen molar-refractivity contribution in [3.05, 3.63) is 59.7 Å². The van der Waals surface area contributed by atoms with E-state index in [0.29, 0.717) is 17.9 Å². The molecule has 0 aliphatic carbocycles. The van der Waals surface area contributed by atoms with Crippen LogP contribution in [0.25, 0.3) is 6.08 Å². The molecule has 2 N–H and O–H groups in total. The summed E-state index contributed by atoms with van der Waals surface area (Å²) in [5, 5.41) is 12.3. The van der Waals surface area contributed by atoms with Gasteiger partial charge >= 0.3 is 0 Å². The molecule has 0 bridgehead atoms. The van der Waals surface area contributed by atoms with Gasteiger partial charge in [0.2, 0.25) is 0 Å². The summed E-state index contributed by atoms with van der Waals surface area (Å²) in [7, 11) is 0. The molecule has 3 rings (SSSR count). The summed E-state index contributed by atoms with van der Waals surface area (Å²) in [6.45, 7) is 2.17. The molecule has 0 saturated carbocycles. The molecule has 2 aromatic carbocycles. The summed E-state index contributed by atoms with van der Waals surface area (Å²) in [6.07, 6.45) is 1.44. The molecular weight excluding hydrogens is 352 g/mol. The van der Waals surface area contributed by atoms with Crippen LogP contribution in [0.2, 0.25) is 0 Å². The van der Waals surface area contributed by atoms with Gasteiger partial charge in [0.15, 0.2) is 16.6 Å². The van der Waals surface area contributed by atoms with Crippen LogP contribution in [-0.4, -0.2) is 28.6 Å². The number of anilines is 1. The van der Waals surface area contributed by atoms with E-state index in [-0.39, 0.29) is 22.2 Å². The number of phenols is 1. The second-order valence-electron chi connectivity index (χ2n) is 5.45. The van der Waals surface area contributed by atoms with Gasteiger partial charge in [-0.2, -0.15) is 0 Å². The molecular formula is C19H16N2O4S. The number of para-hydroxylation sites is 1.